The molecule has 3 rings (SSSR count). The van der Waals surface area contributed by atoms with Crippen molar-refractivity contribution in [2.24, 2.45) is 0 Å². The van der Waals surface area contributed by atoms with Crippen LogP contribution in [0.1, 0.15) is 21.7 Å². The largest absolute Gasteiger partial charge is 0.478 e. The monoisotopic (exact) mass is 359 g/mol. The Labute approximate surface area is 148 Å². The molecule has 2 aromatic rings. The van der Waals surface area contributed by atoms with Crippen LogP contribution in [0.15, 0.2) is 39.7 Å². The first-order valence-electron chi connectivity index (χ1n) is 7.02. The molecule has 0 aliphatic carbocycles. The molecule has 0 spiro atoms. The highest BCUT2D eigenvalue weighted by Gasteiger charge is 2.29. The van der Waals surface area contributed by atoms with Crippen LogP contribution in [0, 0.1) is 6.92 Å². The zero-order valence-corrected chi connectivity index (χ0v) is 14.5. The Balaban J connectivity index is 1.91. The molecule has 1 aliphatic heterocycles. The fourth-order valence-electron chi connectivity index (χ4n) is 2.32. The SMILES string of the molecule is Cc1cc(C(=O)O)ccc1-c1ccc(/C=C2/SC(=S)N(C)C2=O)o1. The minimum atomic E-state index is -0.966. The fourth-order valence-corrected chi connectivity index (χ4v) is 3.48. The number of rotatable bonds is 3. The first kappa shape index (κ1) is 16.5. The topological polar surface area (TPSA) is 70.8 Å². The quantitative estimate of drug-likeness (QED) is 0.664. The summed E-state index contributed by atoms with van der Waals surface area (Å²) < 4.78 is 6.29. The van der Waals surface area contributed by atoms with Crippen LogP contribution in [0.4, 0.5) is 0 Å². The van der Waals surface area contributed by atoms with Crippen molar-refractivity contribution in [2.75, 3.05) is 7.05 Å². The lowest BCUT2D eigenvalue weighted by Crippen LogP contribution is -2.22. The molecule has 2 heterocycles. The van der Waals surface area contributed by atoms with E-state index in [1.54, 1.807) is 37.4 Å². The van der Waals surface area contributed by atoms with Crippen LogP contribution in [0.25, 0.3) is 17.4 Å². The number of amides is 1. The number of aryl methyl sites for hydroxylation is 1. The number of nitrogens with zero attached hydrogens (tertiary/aromatic N) is 1. The van der Waals surface area contributed by atoms with Gasteiger partial charge in [-0.3, -0.25) is 9.69 Å². The summed E-state index contributed by atoms with van der Waals surface area (Å²) in [5.74, 6) is 0.0413. The average Bonchev–Trinajstić information content (AvgIpc) is 3.08. The molecular formula is C17H13NO4S2. The maximum atomic E-state index is 12.0. The van der Waals surface area contributed by atoms with E-state index in [1.165, 1.54) is 22.7 Å². The molecule has 1 aromatic heterocycles. The van der Waals surface area contributed by atoms with Crippen molar-refractivity contribution in [2.45, 2.75) is 6.92 Å². The van der Waals surface area contributed by atoms with Gasteiger partial charge in [-0.25, -0.2) is 4.79 Å². The molecule has 0 saturated carbocycles. The molecular weight excluding hydrogens is 346 g/mol. The molecule has 1 amide bonds. The van der Waals surface area contributed by atoms with Gasteiger partial charge in [0.2, 0.25) is 0 Å². The Kier molecular flexibility index (Phi) is 4.29. The summed E-state index contributed by atoms with van der Waals surface area (Å²) in [6, 6.07) is 8.41. The van der Waals surface area contributed by atoms with Crippen molar-refractivity contribution in [3.8, 4) is 11.3 Å². The summed E-state index contributed by atoms with van der Waals surface area (Å²) in [5, 5.41) is 9.02. The highest BCUT2D eigenvalue weighted by Crippen LogP contribution is 2.33. The number of benzene rings is 1. The molecule has 5 nitrogen and oxygen atoms in total. The molecule has 1 fully saturated rings. The molecule has 1 aromatic carbocycles. The van der Waals surface area contributed by atoms with Crippen molar-refractivity contribution >= 4 is 46.3 Å². The number of thioether (sulfide) groups is 1. The van der Waals surface area contributed by atoms with Crippen LogP contribution in [0.5, 0.6) is 0 Å². The van der Waals surface area contributed by atoms with E-state index in [0.29, 0.717) is 20.7 Å². The number of carboxylic acid groups (broad SMARTS) is 1. The van der Waals surface area contributed by atoms with E-state index in [0.717, 1.165) is 11.1 Å². The third-order valence-electron chi connectivity index (χ3n) is 3.63. The zero-order valence-electron chi connectivity index (χ0n) is 12.9. The first-order valence-corrected chi connectivity index (χ1v) is 8.25. The van der Waals surface area contributed by atoms with E-state index < -0.39 is 5.97 Å². The second kappa shape index (κ2) is 6.26. The standard InChI is InChI=1S/C17H13NO4S2/c1-9-7-10(16(20)21)3-5-12(9)13-6-4-11(22-13)8-14-15(19)18(2)17(23)24-14/h3-8H,1-2H3,(H,20,21)/b14-8+. The number of furan rings is 1. The summed E-state index contributed by atoms with van der Waals surface area (Å²) >= 11 is 6.33. The predicted molar refractivity (Wildman–Crippen MR) is 96.8 cm³/mol. The highest BCUT2D eigenvalue weighted by atomic mass is 32.2. The van der Waals surface area contributed by atoms with Crippen molar-refractivity contribution in [3.63, 3.8) is 0 Å². The van der Waals surface area contributed by atoms with E-state index in [4.69, 9.17) is 21.7 Å². The lowest BCUT2D eigenvalue weighted by molar-refractivity contribution is -0.121. The minimum absolute atomic E-state index is 0.148. The van der Waals surface area contributed by atoms with Crippen LogP contribution in [0.2, 0.25) is 0 Å². The maximum absolute atomic E-state index is 12.0. The van der Waals surface area contributed by atoms with Crippen molar-refractivity contribution in [1.29, 1.82) is 0 Å². The van der Waals surface area contributed by atoms with E-state index in [9.17, 15) is 9.59 Å². The van der Waals surface area contributed by atoms with E-state index in [1.807, 2.05) is 6.92 Å². The van der Waals surface area contributed by atoms with Crippen LogP contribution in [-0.4, -0.2) is 33.3 Å². The van der Waals surface area contributed by atoms with Crippen molar-refractivity contribution in [3.05, 3.63) is 52.1 Å². The lowest BCUT2D eigenvalue weighted by atomic mass is 10.0. The predicted octanol–water partition coefficient (Wildman–Crippen LogP) is 3.78. The minimum Gasteiger partial charge on any atom is -0.478 e. The number of carboxylic acids is 1. The molecule has 0 unspecified atom stereocenters. The molecule has 24 heavy (non-hydrogen) atoms. The Morgan fingerprint density at radius 1 is 1.33 bits per heavy atom. The number of carbonyl (C=O) groups excluding carboxylic acids is 1. The maximum Gasteiger partial charge on any atom is 0.335 e. The van der Waals surface area contributed by atoms with Crippen LogP contribution in [-0.2, 0) is 4.79 Å². The molecule has 0 radical (unpaired) electrons. The first-order chi connectivity index (χ1) is 11.4. The summed E-state index contributed by atoms with van der Waals surface area (Å²) in [6.45, 7) is 1.83. The van der Waals surface area contributed by atoms with Gasteiger partial charge in [-0.05, 0) is 36.8 Å². The van der Waals surface area contributed by atoms with Gasteiger partial charge in [-0.2, -0.15) is 0 Å². The second-order valence-electron chi connectivity index (χ2n) is 5.28. The van der Waals surface area contributed by atoms with E-state index >= 15 is 0 Å². The molecule has 0 bridgehead atoms. The van der Waals surface area contributed by atoms with Gasteiger partial charge in [0.1, 0.15) is 15.8 Å². The third kappa shape index (κ3) is 3.00. The van der Waals surface area contributed by atoms with Crippen LogP contribution in [0.3, 0.4) is 0 Å². The molecule has 1 saturated heterocycles. The normalized spacial score (nSPS) is 16.2. The third-order valence-corrected chi connectivity index (χ3v) is 5.11. The summed E-state index contributed by atoms with van der Waals surface area (Å²) in [6.07, 6.45) is 1.66. The molecule has 1 N–H and O–H groups in total. The van der Waals surface area contributed by atoms with Gasteiger partial charge >= 0.3 is 5.97 Å². The van der Waals surface area contributed by atoms with Crippen LogP contribution < -0.4 is 0 Å². The van der Waals surface area contributed by atoms with Crippen molar-refractivity contribution in [1.82, 2.24) is 4.90 Å². The van der Waals surface area contributed by atoms with Gasteiger partial charge in [0.15, 0.2) is 0 Å². The molecule has 7 heteroatoms. The lowest BCUT2D eigenvalue weighted by Gasteiger charge is -2.04. The summed E-state index contributed by atoms with van der Waals surface area (Å²) in [5.41, 5.74) is 1.84. The van der Waals surface area contributed by atoms with Gasteiger partial charge in [-0.1, -0.05) is 30.0 Å². The van der Waals surface area contributed by atoms with E-state index in [2.05, 4.69) is 0 Å². The van der Waals surface area contributed by atoms with Gasteiger partial charge < -0.3 is 9.52 Å². The van der Waals surface area contributed by atoms with Crippen LogP contribution >= 0.6 is 24.0 Å². The Bertz CT molecular complexity index is 898. The zero-order chi connectivity index (χ0) is 17.4. The van der Waals surface area contributed by atoms with Gasteiger partial charge in [-0.15, -0.1) is 0 Å². The molecule has 0 atom stereocenters. The summed E-state index contributed by atoms with van der Waals surface area (Å²) in [7, 11) is 1.64. The summed E-state index contributed by atoms with van der Waals surface area (Å²) in [4.78, 5) is 24.9. The number of hydrogen-bond acceptors (Lipinski definition) is 5. The van der Waals surface area contributed by atoms with E-state index in [-0.39, 0.29) is 11.5 Å². The Hall–Kier alpha value is -2.38. The molecule has 122 valence electrons. The number of hydrogen-bond donors (Lipinski definition) is 1. The second-order valence-corrected chi connectivity index (χ2v) is 6.95. The Morgan fingerprint density at radius 3 is 2.67 bits per heavy atom. The number of aromatic carboxylic acids is 1. The number of likely N-dealkylation sites (N-methyl/N-ethyl adjacent to an activating group) is 1. The van der Waals surface area contributed by atoms with Gasteiger partial charge in [0.05, 0.1) is 10.5 Å². The average molecular weight is 359 g/mol. The smallest absolute Gasteiger partial charge is 0.335 e. The van der Waals surface area contributed by atoms with Crippen molar-refractivity contribution < 1.29 is 19.1 Å². The Morgan fingerprint density at radius 2 is 2.08 bits per heavy atom. The number of carbonyl (C=O) groups is 2. The number of thiocarbonyl (C=S) groups is 1. The fraction of sp³-hybridized carbons (Fsp3) is 0.118. The van der Waals surface area contributed by atoms with Gasteiger partial charge in [0, 0.05) is 18.7 Å². The highest BCUT2D eigenvalue weighted by molar-refractivity contribution is 8.26. The molecule has 1 aliphatic rings. The van der Waals surface area contributed by atoms with Gasteiger partial charge in [0.25, 0.3) is 5.91 Å².